The molecule has 0 spiro atoms. The average Bonchev–Trinajstić information content (AvgIpc) is 3.10. The van der Waals surface area contributed by atoms with Gasteiger partial charge in [-0.25, -0.2) is 4.79 Å². The number of nitrogens with zero attached hydrogens (tertiary/aromatic N) is 1. The van der Waals surface area contributed by atoms with Gasteiger partial charge in [-0.1, -0.05) is 11.6 Å². The van der Waals surface area contributed by atoms with E-state index < -0.39 is 17.1 Å². The molecule has 1 aromatic rings. The molecule has 106 valence electrons. The van der Waals surface area contributed by atoms with E-state index in [0.717, 1.165) is 18.4 Å². The van der Waals surface area contributed by atoms with Gasteiger partial charge in [-0.2, -0.15) is 5.26 Å². The molecular formula is C15H17ClN2O2. The third-order valence-corrected chi connectivity index (χ3v) is 3.33. The molecule has 1 N–H and O–H groups in total. The van der Waals surface area contributed by atoms with Crippen molar-refractivity contribution in [2.24, 2.45) is 0 Å². The van der Waals surface area contributed by atoms with Crippen molar-refractivity contribution in [1.29, 1.82) is 5.26 Å². The van der Waals surface area contributed by atoms with E-state index in [4.69, 9.17) is 16.3 Å². The summed E-state index contributed by atoms with van der Waals surface area (Å²) in [6.07, 6.45) is 1.04. The zero-order valence-corrected chi connectivity index (χ0v) is 12.5. The van der Waals surface area contributed by atoms with Crippen LogP contribution in [0.3, 0.4) is 0 Å². The van der Waals surface area contributed by atoms with Crippen LogP contribution >= 0.6 is 11.6 Å². The van der Waals surface area contributed by atoms with Gasteiger partial charge in [0.15, 0.2) is 0 Å². The van der Waals surface area contributed by atoms with Crippen molar-refractivity contribution in [3.63, 3.8) is 0 Å². The molecule has 0 heterocycles. The third kappa shape index (κ3) is 3.23. The Kier molecular flexibility index (Phi) is 3.66. The van der Waals surface area contributed by atoms with Crippen molar-refractivity contribution in [2.75, 3.05) is 5.32 Å². The molecule has 1 saturated carbocycles. The lowest BCUT2D eigenvalue weighted by Crippen LogP contribution is -2.27. The Labute approximate surface area is 123 Å². The lowest BCUT2D eigenvalue weighted by Gasteiger charge is -2.21. The summed E-state index contributed by atoms with van der Waals surface area (Å²) >= 11 is 6.00. The van der Waals surface area contributed by atoms with Gasteiger partial charge in [0.05, 0.1) is 11.5 Å². The van der Waals surface area contributed by atoms with Crippen molar-refractivity contribution in [1.82, 2.24) is 0 Å². The van der Waals surface area contributed by atoms with Crippen LogP contribution in [0.2, 0.25) is 5.02 Å². The maximum Gasteiger partial charge on any atom is 0.412 e. The number of nitrogens with one attached hydrogen (secondary N) is 1. The van der Waals surface area contributed by atoms with E-state index in [-0.39, 0.29) is 0 Å². The van der Waals surface area contributed by atoms with Crippen molar-refractivity contribution in [3.8, 4) is 6.07 Å². The first-order valence-electron chi connectivity index (χ1n) is 6.47. The summed E-state index contributed by atoms with van der Waals surface area (Å²) in [5.41, 5.74) is 0.263. The van der Waals surface area contributed by atoms with Gasteiger partial charge in [-0.3, -0.25) is 5.32 Å². The molecule has 0 saturated heterocycles. The molecule has 0 aromatic heterocycles. The zero-order valence-electron chi connectivity index (χ0n) is 11.8. The predicted molar refractivity (Wildman–Crippen MR) is 77.8 cm³/mol. The van der Waals surface area contributed by atoms with Crippen LogP contribution in [0, 0.1) is 11.3 Å². The second kappa shape index (κ2) is 4.99. The summed E-state index contributed by atoms with van der Waals surface area (Å²) in [5.74, 6) is 0. The van der Waals surface area contributed by atoms with E-state index in [1.54, 1.807) is 39.0 Å². The van der Waals surface area contributed by atoms with E-state index >= 15 is 0 Å². The molecule has 0 radical (unpaired) electrons. The van der Waals surface area contributed by atoms with E-state index in [2.05, 4.69) is 11.4 Å². The molecule has 0 unspecified atom stereocenters. The van der Waals surface area contributed by atoms with Crippen LogP contribution in [-0.4, -0.2) is 11.7 Å². The molecule has 1 amide bonds. The van der Waals surface area contributed by atoms with Crippen molar-refractivity contribution < 1.29 is 9.53 Å². The Morgan fingerprint density at radius 2 is 2.10 bits per heavy atom. The molecule has 0 atom stereocenters. The first-order valence-corrected chi connectivity index (χ1v) is 6.85. The topological polar surface area (TPSA) is 62.1 Å². The van der Waals surface area contributed by atoms with Gasteiger partial charge < -0.3 is 4.74 Å². The minimum Gasteiger partial charge on any atom is -0.444 e. The number of carbonyl (C=O) groups excluding carboxylic acids is 1. The third-order valence-electron chi connectivity index (χ3n) is 3.10. The molecule has 5 heteroatoms. The van der Waals surface area contributed by atoms with Crippen LogP contribution in [0.1, 0.15) is 39.2 Å². The number of nitriles is 1. The summed E-state index contributed by atoms with van der Waals surface area (Å²) in [6, 6.07) is 7.44. The summed E-state index contributed by atoms with van der Waals surface area (Å²) in [6.45, 7) is 5.40. The van der Waals surface area contributed by atoms with Crippen molar-refractivity contribution >= 4 is 23.4 Å². The fraction of sp³-hybridized carbons (Fsp3) is 0.467. The molecule has 1 fully saturated rings. The second-order valence-corrected chi connectivity index (χ2v) is 6.45. The standard InChI is InChI=1S/C15H17ClN2O2/c1-14(2,3)20-13(19)18-12-5-4-10(16)8-11(12)15(9-17)6-7-15/h4-5,8H,6-7H2,1-3H3,(H,18,19). The Morgan fingerprint density at radius 1 is 1.45 bits per heavy atom. The molecule has 1 aliphatic rings. The van der Waals surface area contributed by atoms with Crippen LogP contribution in [-0.2, 0) is 10.2 Å². The highest BCUT2D eigenvalue weighted by molar-refractivity contribution is 6.30. The normalized spacial score (nSPS) is 16.1. The number of amides is 1. The zero-order chi connectivity index (χ0) is 15.0. The monoisotopic (exact) mass is 292 g/mol. The van der Waals surface area contributed by atoms with Gasteiger partial charge in [-0.15, -0.1) is 0 Å². The second-order valence-electron chi connectivity index (χ2n) is 6.01. The Bertz CT molecular complexity index is 581. The maximum atomic E-state index is 11.9. The van der Waals surface area contributed by atoms with Crippen LogP contribution in [0.15, 0.2) is 18.2 Å². The van der Waals surface area contributed by atoms with Crippen molar-refractivity contribution in [3.05, 3.63) is 28.8 Å². The average molecular weight is 293 g/mol. The predicted octanol–water partition coefficient (Wildman–Crippen LogP) is 4.24. The Balaban J connectivity index is 2.25. The highest BCUT2D eigenvalue weighted by atomic mass is 35.5. The molecule has 0 aliphatic heterocycles. The van der Waals surface area contributed by atoms with Crippen molar-refractivity contribution in [2.45, 2.75) is 44.6 Å². The number of halogens is 1. The van der Waals surface area contributed by atoms with E-state index in [1.165, 1.54) is 0 Å². The van der Waals surface area contributed by atoms with Crippen LogP contribution < -0.4 is 5.32 Å². The van der Waals surface area contributed by atoms with Crippen LogP contribution in [0.5, 0.6) is 0 Å². The number of rotatable bonds is 2. The van der Waals surface area contributed by atoms with E-state index in [0.29, 0.717) is 10.7 Å². The molecule has 4 nitrogen and oxygen atoms in total. The summed E-state index contributed by atoms with van der Waals surface area (Å²) in [5, 5.41) is 12.6. The fourth-order valence-electron chi connectivity index (χ4n) is 2.00. The first kappa shape index (κ1) is 14.7. The summed E-state index contributed by atoms with van der Waals surface area (Å²) in [7, 11) is 0. The van der Waals surface area contributed by atoms with Crippen LogP contribution in [0.4, 0.5) is 10.5 Å². The molecule has 2 rings (SSSR count). The molecule has 1 aromatic carbocycles. The van der Waals surface area contributed by atoms with Gasteiger partial charge in [0.2, 0.25) is 0 Å². The number of carbonyl (C=O) groups is 1. The molecular weight excluding hydrogens is 276 g/mol. The summed E-state index contributed by atoms with van der Waals surface area (Å²) < 4.78 is 5.23. The Morgan fingerprint density at radius 3 is 2.60 bits per heavy atom. The quantitative estimate of drug-likeness (QED) is 0.886. The fourth-order valence-corrected chi connectivity index (χ4v) is 2.17. The first-order chi connectivity index (χ1) is 9.26. The van der Waals surface area contributed by atoms with Gasteiger partial charge in [-0.05, 0) is 57.4 Å². The van der Waals surface area contributed by atoms with E-state index in [1.807, 2.05) is 0 Å². The number of hydrogen-bond donors (Lipinski definition) is 1. The van der Waals surface area contributed by atoms with Gasteiger partial charge >= 0.3 is 6.09 Å². The van der Waals surface area contributed by atoms with Gasteiger partial charge in [0.1, 0.15) is 5.60 Å². The SMILES string of the molecule is CC(C)(C)OC(=O)Nc1ccc(Cl)cc1C1(C#N)CC1. The number of benzene rings is 1. The summed E-state index contributed by atoms with van der Waals surface area (Å²) in [4.78, 5) is 11.9. The van der Waals surface area contributed by atoms with Crippen LogP contribution in [0.25, 0.3) is 0 Å². The molecule has 20 heavy (non-hydrogen) atoms. The number of ether oxygens (including phenoxy) is 1. The largest absolute Gasteiger partial charge is 0.444 e. The maximum absolute atomic E-state index is 11.9. The van der Waals surface area contributed by atoms with Gasteiger partial charge in [0.25, 0.3) is 0 Å². The molecule has 1 aliphatic carbocycles. The lowest BCUT2D eigenvalue weighted by molar-refractivity contribution is 0.0636. The highest BCUT2D eigenvalue weighted by Crippen LogP contribution is 2.50. The Hall–Kier alpha value is -1.73. The van der Waals surface area contributed by atoms with Gasteiger partial charge in [0, 0.05) is 10.7 Å². The minimum absolute atomic E-state index is 0.519. The highest BCUT2D eigenvalue weighted by Gasteiger charge is 2.46. The lowest BCUT2D eigenvalue weighted by atomic mass is 9.96. The molecule has 0 bridgehead atoms. The minimum atomic E-state index is -0.566. The number of hydrogen-bond acceptors (Lipinski definition) is 3. The number of anilines is 1. The smallest absolute Gasteiger partial charge is 0.412 e. The van der Waals surface area contributed by atoms with E-state index in [9.17, 15) is 10.1 Å².